The largest absolute Gasteiger partial charge is 0.458 e. The number of carbonyl (C=O) groups excluding carboxylic acids is 5. The van der Waals surface area contributed by atoms with Gasteiger partial charge in [0.25, 0.3) is 0 Å². The molecule has 1 aliphatic heterocycles. The minimum atomic E-state index is -1.16. The lowest BCUT2D eigenvalue weighted by atomic mass is 9.76. The van der Waals surface area contributed by atoms with Crippen LogP contribution in [-0.2, 0) is 44.6 Å². The van der Waals surface area contributed by atoms with Gasteiger partial charge in [0.2, 0.25) is 23.6 Å². The molecule has 1 aromatic carbocycles. The highest BCUT2D eigenvalue weighted by atomic mass is 16.6. The summed E-state index contributed by atoms with van der Waals surface area (Å²) in [5.41, 5.74) is 5.01. The normalized spacial score (nSPS) is 19.9. The summed E-state index contributed by atoms with van der Waals surface area (Å²) in [6.45, 7) is 14.5. The zero-order valence-corrected chi connectivity index (χ0v) is 34.5. The minimum absolute atomic E-state index is 0.0229. The topological polar surface area (TPSA) is 170 Å². The maximum atomic E-state index is 14.2. The van der Waals surface area contributed by atoms with Crippen LogP contribution in [0.5, 0.6) is 0 Å². The number of likely N-dealkylation sites (N-methyl/N-ethyl adjacent to an activating group) is 1. The monoisotopic (exact) mass is 757 g/mol. The average Bonchev–Trinajstić information content (AvgIpc) is 3.55. The quantitative estimate of drug-likeness (QED) is 0.190. The van der Waals surface area contributed by atoms with Gasteiger partial charge in [-0.2, -0.15) is 0 Å². The van der Waals surface area contributed by atoms with Gasteiger partial charge in [-0.05, 0) is 77.7 Å². The van der Waals surface area contributed by atoms with Gasteiger partial charge in [0.15, 0.2) is 0 Å². The summed E-state index contributed by atoms with van der Waals surface area (Å²) < 4.78 is 17.6. The summed E-state index contributed by atoms with van der Waals surface area (Å²) in [4.78, 5) is 71.6. The van der Waals surface area contributed by atoms with Gasteiger partial charge in [-0.15, -0.1) is 0 Å². The summed E-state index contributed by atoms with van der Waals surface area (Å²) in [7, 11) is 4.81. The highest BCUT2D eigenvalue weighted by Crippen LogP contribution is 2.36. The molecule has 13 nitrogen and oxygen atoms in total. The average molecular weight is 758 g/mol. The summed E-state index contributed by atoms with van der Waals surface area (Å²) >= 11 is 0. The summed E-state index contributed by atoms with van der Waals surface area (Å²) in [6.07, 6.45) is 3.19. The minimum Gasteiger partial charge on any atom is -0.458 e. The van der Waals surface area contributed by atoms with E-state index in [0.29, 0.717) is 13.0 Å². The van der Waals surface area contributed by atoms with Crippen LogP contribution in [0.1, 0.15) is 99.5 Å². The van der Waals surface area contributed by atoms with Crippen molar-refractivity contribution in [2.45, 2.75) is 148 Å². The fourth-order valence-corrected chi connectivity index (χ4v) is 7.50. The number of carbonyl (C=O) groups is 5. The molecule has 1 aromatic rings. The molecule has 0 radical (unpaired) electrons. The number of nitrogens with one attached hydrogen (secondary N) is 2. The molecule has 1 saturated carbocycles. The molecular weight excluding hydrogens is 690 g/mol. The molecule has 4 amide bonds. The predicted octanol–water partition coefficient (Wildman–Crippen LogP) is 3.61. The molecule has 7 atom stereocenters. The molecule has 13 heteroatoms. The summed E-state index contributed by atoms with van der Waals surface area (Å²) in [5, 5.41) is 5.77. The van der Waals surface area contributed by atoms with Crippen molar-refractivity contribution in [2.24, 2.45) is 23.5 Å². The van der Waals surface area contributed by atoms with Gasteiger partial charge in [0.1, 0.15) is 17.7 Å². The third-order valence-corrected chi connectivity index (χ3v) is 10.8. The molecule has 1 aliphatic carbocycles. The number of esters is 1. The SMILES string of the molecule is COC(CC(=O)N1CCCC1C(OC)C(C)C(=O)NC(Cc1ccccc1)C(=O)OC(C)(C)C)C(C1CCC1)N(C)C(=O)C(NC(=O)C(C)(C)N)C(C)C. The van der Waals surface area contributed by atoms with Crippen molar-refractivity contribution in [2.75, 3.05) is 27.8 Å². The molecule has 0 aromatic heterocycles. The molecule has 7 unspecified atom stereocenters. The number of nitrogens with zero attached hydrogens (tertiary/aromatic N) is 2. The first-order valence-corrected chi connectivity index (χ1v) is 19.5. The van der Waals surface area contributed by atoms with Crippen LogP contribution in [0.15, 0.2) is 30.3 Å². The van der Waals surface area contributed by atoms with Crippen molar-refractivity contribution < 1.29 is 38.2 Å². The van der Waals surface area contributed by atoms with E-state index in [0.717, 1.165) is 31.2 Å². The van der Waals surface area contributed by atoms with E-state index in [4.69, 9.17) is 19.9 Å². The molecule has 3 rings (SSSR count). The number of hydrogen-bond acceptors (Lipinski definition) is 9. The van der Waals surface area contributed by atoms with E-state index in [-0.39, 0.29) is 42.4 Å². The zero-order chi connectivity index (χ0) is 40.5. The van der Waals surface area contributed by atoms with Crippen molar-refractivity contribution in [3.8, 4) is 0 Å². The second kappa shape index (κ2) is 19.4. The van der Waals surface area contributed by atoms with E-state index in [1.165, 1.54) is 7.11 Å². The van der Waals surface area contributed by atoms with E-state index in [9.17, 15) is 24.0 Å². The maximum Gasteiger partial charge on any atom is 0.329 e. The Labute approximate surface area is 322 Å². The van der Waals surface area contributed by atoms with Gasteiger partial charge in [-0.1, -0.05) is 57.5 Å². The van der Waals surface area contributed by atoms with Gasteiger partial charge in [-0.3, -0.25) is 19.2 Å². The number of methoxy groups -OCH3 is 2. The molecule has 2 aliphatic rings. The van der Waals surface area contributed by atoms with Crippen LogP contribution in [0.4, 0.5) is 0 Å². The number of rotatable bonds is 18. The molecule has 0 bridgehead atoms. The Morgan fingerprint density at radius 2 is 1.56 bits per heavy atom. The first-order chi connectivity index (χ1) is 25.2. The molecule has 0 spiro atoms. The Kier molecular flexibility index (Phi) is 16.1. The van der Waals surface area contributed by atoms with Gasteiger partial charge >= 0.3 is 5.97 Å². The first-order valence-electron chi connectivity index (χ1n) is 19.5. The summed E-state index contributed by atoms with van der Waals surface area (Å²) in [6, 6.07) is 6.92. The lowest BCUT2D eigenvalue weighted by molar-refractivity contribution is -0.159. The maximum absolute atomic E-state index is 14.2. The van der Waals surface area contributed by atoms with Crippen LogP contribution in [0.2, 0.25) is 0 Å². The number of nitrogens with two attached hydrogens (primary N) is 1. The van der Waals surface area contributed by atoms with Gasteiger partial charge in [0, 0.05) is 34.2 Å². The molecule has 1 heterocycles. The molecule has 2 fully saturated rings. The van der Waals surface area contributed by atoms with Crippen LogP contribution in [0, 0.1) is 17.8 Å². The third kappa shape index (κ3) is 12.0. The lowest BCUT2D eigenvalue weighted by Crippen LogP contribution is -2.61. The lowest BCUT2D eigenvalue weighted by Gasteiger charge is -2.45. The van der Waals surface area contributed by atoms with Gasteiger partial charge in [0.05, 0.1) is 42.2 Å². The highest BCUT2D eigenvalue weighted by Gasteiger charge is 2.45. The molecule has 1 saturated heterocycles. The Balaban J connectivity index is 1.79. The van der Waals surface area contributed by atoms with Gasteiger partial charge < -0.3 is 40.4 Å². The smallest absolute Gasteiger partial charge is 0.329 e. The van der Waals surface area contributed by atoms with Gasteiger partial charge in [-0.25, -0.2) is 4.79 Å². The zero-order valence-electron chi connectivity index (χ0n) is 34.5. The Morgan fingerprint density at radius 1 is 0.926 bits per heavy atom. The predicted molar refractivity (Wildman–Crippen MR) is 207 cm³/mol. The fraction of sp³-hybridized carbons (Fsp3) is 0.732. The van der Waals surface area contributed by atoms with Crippen LogP contribution in [0.25, 0.3) is 0 Å². The molecule has 54 heavy (non-hydrogen) atoms. The molecule has 304 valence electrons. The second-order valence-electron chi connectivity index (χ2n) is 17.1. The van der Waals surface area contributed by atoms with E-state index in [1.54, 1.807) is 65.5 Å². The Bertz CT molecular complexity index is 1420. The van der Waals surface area contributed by atoms with E-state index < -0.39 is 65.3 Å². The first kappa shape index (κ1) is 44.8. The number of hydrogen-bond donors (Lipinski definition) is 3. The molecule has 4 N–H and O–H groups in total. The number of likely N-dealkylation sites (tertiary alicyclic amines) is 1. The number of ether oxygens (including phenoxy) is 3. The van der Waals surface area contributed by atoms with Crippen molar-refractivity contribution in [1.82, 2.24) is 20.4 Å². The van der Waals surface area contributed by atoms with Crippen molar-refractivity contribution in [3.63, 3.8) is 0 Å². The standard InChI is InChI=1S/C41H67N5O8/c1-25(2)33(44-39(51)41(7,8)42)37(49)45(9)34(28-19-15-20-28)31(52-10)24-32(47)46-22-16-21-30(46)35(53-11)26(3)36(48)43-29(38(50)54-40(4,5)6)23-27-17-13-12-14-18-27/h12-14,17-18,25-26,28-31,33-35H,15-16,19-24,42H2,1-11H3,(H,43,48)(H,44,51). The van der Waals surface area contributed by atoms with E-state index in [1.807, 2.05) is 44.2 Å². The highest BCUT2D eigenvalue weighted by molar-refractivity contribution is 5.92. The van der Waals surface area contributed by atoms with Crippen molar-refractivity contribution >= 4 is 29.6 Å². The van der Waals surface area contributed by atoms with Crippen LogP contribution < -0.4 is 16.4 Å². The van der Waals surface area contributed by atoms with Crippen LogP contribution in [0.3, 0.4) is 0 Å². The van der Waals surface area contributed by atoms with E-state index in [2.05, 4.69) is 10.6 Å². The van der Waals surface area contributed by atoms with Crippen LogP contribution >= 0.6 is 0 Å². The van der Waals surface area contributed by atoms with Crippen molar-refractivity contribution in [3.05, 3.63) is 35.9 Å². The third-order valence-electron chi connectivity index (χ3n) is 10.8. The Hall–Kier alpha value is -3.55. The Morgan fingerprint density at radius 3 is 2.06 bits per heavy atom. The number of amides is 4. The number of benzene rings is 1. The fourth-order valence-electron chi connectivity index (χ4n) is 7.50. The second-order valence-corrected chi connectivity index (χ2v) is 17.1. The van der Waals surface area contributed by atoms with E-state index >= 15 is 0 Å². The molecular formula is C41H67N5O8. The summed E-state index contributed by atoms with van der Waals surface area (Å²) in [5.74, 6) is -2.53. The van der Waals surface area contributed by atoms with Crippen molar-refractivity contribution in [1.29, 1.82) is 0 Å². The van der Waals surface area contributed by atoms with Crippen LogP contribution in [-0.4, -0.2) is 115 Å².